The van der Waals surface area contributed by atoms with Crippen LogP contribution in [-0.2, 0) is 0 Å². The molecule has 0 aromatic heterocycles. The third-order valence-corrected chi connectivity index (χ3v) is 4.58. The zero-order valence-electron chi connectivity index (χ0n) is 11.6. The van der Waals surface area contributed by atoms with Gasteiger partial charge in [0.05, 0.1) is 36.1 Å². The van der Waals surface area contributed by atoms with Crippen molar-refractivity contribution in [3.05, 3.63) is 34.3 Å². The summed E-state index contributed by atoms with van der Waals surface area (Å²) in [4.78, 5) is 0. The SMILES string of the molecule is N#CC(C#N)C(=N)[C@]1(C#N)[C@H](c2cccc(Br)c2)C1(C#N)C#N. The van der Waals surface area contributed by atoms with Crippen LogP contribution in [0.1, 0.15) is 11.5 Å². The summed E-state index contributed by atoms with van der Waals surface area (Å²) in [5.41, 5.74) is -3.56. The Labute approximate surface area is 141 Å². The number of nitriles is 5. The highest BCUT2D eigenvalue weighted by atomic mass is 79.9. The third-order valence-electron chi connectivity index (χ3n) is 4.09. The highest BCUT2D eigenvalue weighted by Crippen LogP contribution is 2.74. The molecule has 23 heavy (non-hydrogen) atoms. The summed E-state index contributed by atoms with van der Waals surface area (Å²) in [5.74, 6) is -2.36. The number of nitrogens with one attached hydrogen (secondary N) is 1. The van der Waals surface area contributed by atoms with Crippen LogP contribution < -0.4 is 0 Å². The molecule has 6 nitrogen and oxygen atoms in total. The fourth-order valence-corrected chi connectivity index (χ4v) is 3.37. The van der Waals surface area contributed by atoms with Crippen molar-refractivity contribution in [1.29, 1.82) is 31.7 Å². The van der Waals surface area contributed by atoms with Crippen molar-refractivity contribution >= 4 is 21.6 Å². The minimum atomic E-state index is -1.80. The number of hydrogen-bond donors (Lipinski definition) is 1. The zero-order valence-corrected chi connectivity index (χ0v) is 13.2. The van der Waals surface area contributed by atoms with Crippen LogP contribution in [-0.4, -0.2) is 5.71 Å². The van der Waals surface area contributed by atoms with Crippen LogP contribution in [0.5, 0.6) is 0 Å². The lowest BCUT2D eigenvalue weighted by Gasteiger charge is -2.11. The van der Waals surface area contributed by atoms with Crippen molar-refractivity contribution in [1.82, 2.24) is 0 Å². The lowest BCUT2D eigenvalue weighted by molar-refractivity contribution is 0.726. The van der Waals surface area contributed by atoms with E-state index in [1.165, 1.54) is 0 Å². The van der Waals surface area contributed by atoms with E-state index in [0.717, 1.165) is 0 Å². The second kappa shape index (κ2) is 5.55. The molecule has 1 aromatic rings. The molecule has 0 aliphatic heterocycles. The zero-order chi connectivity index (χ0) is 17.3. The van der Waals surface area contributed by atoms with Gasteiger partial charge in [-0.2, -0.15) is 26.3 Å². The van der Waals surface area contributed by atoms with E-state index in [2.05, 4.69) is 15.9 Å². The Hall–Kier alpha value is -3.18. The number of nitrogens with zero attached hydrogens (tertiary/aromatic N) is 5. The number of rotatable bonds is 3. The fourth-order valence-electron chi connectivity index (χ4n) is 2.96. The molecule has 0 amide bonds. The van der Waals surface area contributed by atoms with Crippen molar-refractivity contribution in [3.8, 4) is 30.3 Å². The molecular formula is C16H7BrN6. The molecule has 108 valence electrons. The van der Waals surface area contributed by atoms with Crippen LogP contribution in [0.25, 0.3) is 0 Å². The lowest BCUT2D eigenvalue weighted by Crippen LogP contribution is -2.26. The minimum absolute atomic E-state index is 0.502. The lowest BCUT2D eigenvalue weighted by atomic mass is 9.84. The molecular weight excluding hydrogens is 356 g/mol. The Balaban J connectivity index is 2.69. The van der Waals surface area contributed by atoms with Gasteiger partial charge in [0.15, 0.2) is 11.3 Å². The molecule has 1 aromatic carbocycles. The smallest absolute Gasteiger partial charge is 0.177 e. The molecule has 0 spiro atoms. The predicted octanol–water partition coefficient (Wildman–Crippen LogP) is 2.77. The molecule has 1 saturated carbocycles. The monoisotopic (exact) mass is 362 g/mol. The molecule has 7 heteroatoms. The van der Waals surface area contributed by atoms with Gasteiger partial charge in [-0.3, -0.25) is 0 Å². The molecule has 1 aliphatic rings. The maximum absolute atomic E-state index is 9.64. The van der Waals surface area contributed by atoms with Gasteiger partial charge >= 0.3 is 0 Å². The van der Waals surface area contributed by atoms with Crippen molar-refractivity contribution in [2.24, 2.45) is 16.7 Å². The van der Waals surface area contributed by atoms with Gasteiger partial charge in [0.2, 0.25) is 0 Å². The molecule has 0 heterocycles. The topological polar surface area (TPSA) is 143 Å². The van der Waals surface area contributed by atoms with Gasteiger partial charge in [0, 0.05) is 10.4 Å². The average molecular weight is 363 g/mol. The summed E-state index contributed by atoms with van der Waals surface area (Å²) in [6, 6.07) is 15.6. The van der Waals surface area contributed by atoms with Crippen LogP contribution in [0.3, 0.4) is 0 Å². The van der Waals surface area contributed by atoms with E-state index in [4.69, 9.17) is 15.9 Å². The van der Waals surface area contributed by atoms with Gasteiger partial charge in [-0.1, -0.05) is 28.1 Å². The normalized spacial score (nSPS) is 23.4. The van der Waals surface area contributed by atoms with Crippen LogP contribution in [0.2, 0.25) is 0 Å². The maximum atomic E-state index is 9.64. The molecule has 0 bridgehead atoms. The van der Waals surface area contributed by atoms with Gasteiger partial charge in [0.25, 0.3) is 0 Å². The first kappa shape index (κ1) is 16.2. The van der Waals surface area contributed by atoms with Gasteiger partial charge in [-0.25, -0.2) is 0 Å². The summed E-state index contributed by atoms with van der Waals surface area (Å²) in [6.07, 6.45) is 0. The van der Waals surface area contributed by atoms with Crippen molar-refractivity contribution in [2.75, 3.05) is 0 Å². The number of halogens is 1. The van der Waals surface area contributed by atoms with Crippen LogP contribution in [0.4, 0.5) is 0 Å². The molecule has 2 atom stereocenters. The quantitative estimate of drug-likeness (QED) is 0.821. The fraction of sp³-hybridized carbons (Fsp3) is 0.250. The Morgan fingerprint density at radius 2 is 1.70 bits per heavy atom. The molecule has 1 N–H and O–H groups in total. The van der Waals surface area contributed by atoms with Gasteiger partial charge in [-0.15, -0.1) is 0 Å². The Bertz CT molecular complexity index is 873. The van der Waals surface area contributed by atoms with Gasteiger partial charge in [-0.05, 0) is 17.7 Å². The van der Waals surface area contributed by atoms with Gasteiger partial charge < -0.3 is 5.41 Å². The standard InChI is InChI=1S/C16H7BrN6/c17-12-3-1-2-10(4-12)13-15(7-20,8-21)16(13,9-22)14(23)11(5-18)6-19/h1-4,11,13,23H/t13-,16+/m1/s1. The largest absolute Gasteiger partial charge is 0.305 e. The molecule has 0 saturated heterocycles. The molecule has 1 aliphatic carbocycles. The van der Waals surface area contributed by atoms with E-state index in [1.807, 2.05) is 18.2 Å². The second-order valence-electron chi connectivity index (χ2n) is 5.04. The van der Waals surface area contributed by atoms with E-state index in [0.29, 0.717) is 10.0 Å². The average Bonchev–Trinajstić information content (AvgIpc) is 3.19. The summed E-state index contributed by atoms with van der Waals surface area (Å²) in [7, 11) is 0. The maximum Gasteiger partial charge on any atom is 0.177 e. The first-order valence-corrected chi connectivity index (χ1v) is 7.15. The van der Waals surface area contributed by atoms with Crippen molar-refractivity contribution < 1.29 is 0 Å². The minimum Gasteiger partial charge on any atom is -0.305 e. The Morgan fingerprint density at radius 3 is 2.13 bits per heavy atom. The summed E-state index contributed by atoms with van der Waals surface area (Å²) >= 11 is 3.29. The van der Waals surface area contributed by atoms with E-state index in [-0.39, 0.29) is 0 Å². The molecule has 0 unspecified atom stereocenters. The third kappa shape index (κ3) is 1.91. The summed E-state index contributed by atoms with van der Waals surface area (Å²) in [6.45, 7) is 0. The first-order chi connectivity index (χ1) is 11.0. The first-order valence-electron chi connectivity index (χ1n) is 6.36. The molecule has 2 rings (SSSR count). The highest BCUT2D eigenvalue weighted by Gasteiger charge is 2.83. The number of hydrogen-bond acceptors (Lipinski definition) is 6. The van der Waals surface area contributed by atoms with E-state index in [9.17, 15) is 15.8 Å². The van der Waals surface area contributed by atoms with Crippen LogP contribution in [0, 0.1) is 78.8 Å². The molecule has 1 fully saturated rings. The van der Waals surface area contributed by atoms with E-state index in [1.54, 1.807) is 36.4 Å². The predicted molar refractivity (Wildman–Crippen MR) is 81.0 cm³/mol. The molecule has 0 radical (unpaired) electrons. The van der Waals surface area contributed by atoms with Crippen LogP contribution >= 0.6 is 15.9 Å². The van der Waals surface area contributed by atoms with Crippen LogP contribution in [0.15, 0.2) is 28.7 Å². The number of benzene rings is 1. The van der Waals surface area contributed by atoms with Crippen molar-refractivity contribution in [2.45, 2.75) is 5.92 Å². The summed E-state index contributed by atoms with van der Waals surface area (Å²) in [5, 5.41) is 54.8. The van der Waals surface area contributed by atoms with Crippen molar-refractivity contribution in [3.63, 3.8) is 0 Å². The Morgan fingerprint density at radius 1 is 1.09 bits per heavy atom. The summed E-state index contributed by atoms with van der Waals surface area (Å²) < 4.78 is 0.696. The van der Waals surface area contributed by atoms with E-state index < -0.39 is 28.4 Å². The highest BCUT2D eigenvalue weighted by molar-refractivity contribution is 9.10. The Kier molecular flexibility index (Phi) is 3.91. The van der Waals surface area contributed by atoms with E-state index >= 15 is 0 Å². The second-order valence-corrected chi connectivity index (χ2v) is 5.96. The van der Waals surface area contributed by atoms with Gasteiger partial charge in [0.1, 0.15) is 5.41 Å².